The summed E-state index contributed by atoms with van der Waals surface area (Å²) >= 11 is 0. The van der Waals surface area contributed by atoms with Crippen LogP contribution < -0.4 is 9.47 Å². The second-order valence-electron chi connectivity index (χ2n) is 6.01. The first-order chi connectivity index (χ1) is 12.9. The van der Waals surface area contributed by atoms with Crippen LogP contribution in [0.25, 0.3) is 0 Å². The van der Waals surface area contributed by atoms with E-state index in [2.05, 4.69) is 0 Å². The number of aliphatic hydroxyl groups is 1. The van der Waals surface area contributed by atoms with E-state index in [9.17, 15) is 14.7 Å². The molecule has 0 radical (unpaired) electrons. The van der Waals surface area contributed by atoms with E-state index < -0.39 is 17.4 Å². The van der Waals surface area contributed by atoms with Gasteiger partial charge in [0.1, 0.15) is 29.3 Å². The van der Waals surface area contributed by atoms with Crippen molar-refractivity contribution < 1.29 is 28.9 Å². The maximum absolute atomic E-state index is 12.4. The molecule has 0 bridgehead atoms. The molecule has 0 aliphatic rings. The number of methoxy groups -OCH3 is 2. The van der Waals surface area contributed by atoms with Crippen molar-refractivity contribution in [1.29, 1.82) is 0 Å². The van der Waals surface area contributed by atoms with Crippen LogP contribution in [-0.2, 0) is 19.9 Å². The van der Waals surface area contributed by atoms with Crippen LogP contribution in [0.4, 0.5) is 0 Å². The minimum absolute atomic E-state index is 0.202. The molecule has 0 amide bonds. The van der Waals surface area contributed by atoms with Gasteiger partial charge in [0.2, 0.25) is 0 Å². The number of ketones is 1. The van der Waals surface area contributed by atoms with Crippen LogP contribution >= 0.6 is 0 Å². The Balaban J connectivity index is 2.36. The van der Waals surface area contributed by atoms with Gasteiger partial charge < -0.3 is 19.3 Å². The van der Waals surface area contributed by atoms with Crippen LogP contribution in [0.3, 0.4) is 0 Å². The van der Waals surface area contributed by atoms with Crippen molar-refractivity contribution in [3.05, 3.63) is 59.7 Å². The summed E-state index contributed by atoms with van der Waals surface area (Å²) in [4.78, 5) is 24.0. The summed E-state index contributed by atoms with van der Waals surface area (Å²) in [7, 11) is 3.10. The highest BCUT2D eigenvalue weighted by molar-refractivity contribution is 5.96. The minimum atomic E-state index is -1.60. The highest BCUT2D eigenvalue weighted by Gasteiger charge is 2.35. The normalized spacial score (nSPS) is 11.0. The maximum atomic E-state index is 12.4. The number of carbonyl (C=O) groups is 2. The molecule has 0 aromatic heterocycles. The predicted molar refractivity (Wildman–Crippen MR) is 99.9 cm³/mol. The Labute approximate surface area is 158 Å². The van der Waals surface area contributed by atoms with Gasteiger partial charge in [-0.15, -0.1) is 0 Å². The first kappa shape index (κ1) is 20.5. The lowest BCUT2D eigenvalue weighted by Gasteiger charge is -2.29. The van der Waals surface area contributed by atoms with Crippen LogP contribution in [0.1, 0.15) is 30.9 Å². The van der Waals surface area contributed by atoms with E-state index in [0.717, 1.165) is 0 Å². The van der Waals surface area contributed by atoms with Crippen LogP contribution in [0.15, 0.2) is 48.5 Å². The number of esters is 1. The van der Waals surface area contributed by atoms with Crippen molar-refractivity contribution in [2.24, 2.45) is 0 Å². The number of Topliss-reactive ketones (excluding diaryl/α,β-unsaturated/α-hetero) is 1. The molecule has 6 nitrogen and oxygen atoms in total. The van der Waals surface area contributed by atoms with E-state index in [-0.39, 0.29) is 19.4 Å². The zero-order valence-electron chi connectivity index (χ0n) is 15.7. The Hall–Kier alpha value is -2.86. The molecule has 0 unspecified atom stereocenters. The van der Waals surface area contributed by atoms with Gasteiger partial charge >= 0.3 is 5.97 Å². The zero-order valence-corrected chi connectivity index (χ0v) is 15.7. The van der Waals surface area contributed by atoms with Gasteiger partial charge in [-0.2, -0.15) is 0 Å². The molecule has 2 aromatic rings. The van der Waals surface area contributed by atoms with Crippen LogP contribution in [0.2, 0.25) is 0 Å². The summed E-state index contributed by atoms with van der Waals surface area (Å²) in [6.45, 7) is 1.88. The van der Waals surface area contributed by atoms with E-state index >= 15 is 0 Å². The minimum Gasteiger partial charge on any atom is -0.497 e. The third-order valence-corrected chi connectivity index (χ3v) is 4.23. The number of carbonyl (C=O) groups excluding carboxylic acids is 2. The second-order valence-corrected chi connectivity index (χ2v) is 6.01. The van der Waals surface area contributed by atoms with E-state index in [1.165, 1.54) is 0 Å². The highest BCUT2D eigenvalue weighted by atomic mass is 16.5. The summed E-state index contributed by atoms with van der Waals surface area (Å²) in [6, 6.07) is 13.6. The van der Waals surface area contributed by atoms with Gasteiger partial charge in [-0.25, -0.2) is 0 Å². The van der Waals surface area contributed by atoms with E-state index in [1.54, 1.807) is 69.7 Å². The Bertz CT molecular complexity index is 717. The molecule has 2 rings (SSSR count). The first-order valence-electron chi connectivity index (χ1n) is 8.61. The molecule has 0 spiro atoms. The summed E-state index contributed by atoms with van der Waals surface area (Å²) in [5.74, 6) is 0.249. The fourth-order valence-electron chi connectivity index (χ4n) is 2.83. The molecule has 0 aliphatic carbocycles. The molecule has 0 saturated carbocycles. The van der Waals surface area contributed by atoms with E-state index in [1.807, 2.05) is 0 Å². The van der Waals surface area contributed by atoms with Crippen molar-refractivity contribution in [3.63, 3.8) is 0 Å². The van der Waals surface area contributed by atoms with Crippen molar-refractivity contribution >= 4 is 11.8 Å². The SMILES string of the molecule is CCOC(=O)CC(=O)CC(O)(c1ccc(OC)cc1)c1ccc(OC)cc1. The average molecular weight is 372 g/mol. The summed E-state index contributed by atoms with van der Waals surface area (Å²) < 4.78 is 15.1. The lowest BCUT2D eigenvalue weighted by atomic mass is 9.81. The van der Waals surface area contributed by atoms with E-state index in [4.69, 9.17) is 14.2 Å². The second kappa shape index (κ2) is 9.19. The quantitative estimate of drug-likeness (QED) is 0.538. The molecular formula is C21H24O6. The number of ether oxygens (including phenoxy) is 3. The third kappa shape index (κ3) is 5.08. The molecule has 0 saturated heterocycles. The summed E-state index contributed by atoms with van der Waals surface area (Å²) in [6.07, 6.45) is -0.646. The molecule has 0 heterocycles. The molecule has 6 heteroatoms. The lowest BCUT2D eigenvalue weighted by Crippen LogP contribution is -2.31. The van der Waals surface area contributed by atoms with Crippen molar-refractivity contribution in [2.75, 3.05) is 20.8 Å². The van der Waals surface area contributed by atoms with Crippen LogP contribution in [0.5, 0.6) is 11.5 Å². The Morgan fingerprint density at radius 2 is 1.33 bits per heavy atom. The maximum Gasteiger partial charge on any atom is 0.313 e. The monoisotopic (exact) mass is 372 g/mol. The first-order valence-corrected chi connectivity index (χ1v) is 8.61. The van der Waals surface area contributed by atoms with Crippen molar-refractivity contribution in [1.82, 2.24) is 0 Å². The van der Waals surface area contributed by atoms with Gasteiger partial charge in [0.15, 0.2) is 0 Å². The van der Waals surface area contributed by atoms with Crippen molar-refractivity contribution in [3.8, 4) is 11.5 Å². The fourth-order valence-corrected chi connectivity index (χ4v) is 2.83. The largest absolute Gasteiger partial charge is 0.497 e. The average Bonchev–Trinajstić information content (AvgIpc) is 2.68. The lowest BCUT2D eigenvalue weighted by molar-refractivity contribution is -0.146. The standard InChI is InChI=1S/C21H24O6/c1-4-27-20(23)13-17(22)14-21(24,15-5-9-18(25-2)10-6-15)16-7-11-19(26-3)12-8-16/h5-12,24H,4,13-14H2,1-3H3. The molecule has 2 aromatic carbocycles. The molecule has 27 heavy (non-hydrogen) atoms. The summed E-state index contributed by atoms with van der Waals surface area (Å²) in [5.41, 5.74) is -0.557. The smallest absolute Gasteiger partial charge is 0.313 e. The zero-order chi connectivity index (χ0) is 19.9. The molecular weight excluding hydrogens is 348 g/mol. The summed E-state index contributed by atoms with van der Waals surface area (Å²) in [5, 5.41) is 11.4. The highest BCUT2D eigenvalue weighted by Crippen LogP contribution is 2.35. The molecule has 144 valence electrons. The van der Waals surface area contributed by atoms with E-state index in [0.29, 0.717) is 22.6 Å². The Morgan fingerprint density at radius 3 is 1.70 bits per heavy atom. The molecule has 1 N–H and O–H groups in total. The Morgan fingerprint density at radius 1 is 0.889 bits per heavy atom. The van der Waals surface area contributed by atoms with Gasteiger partial charge in [-0.1, -0.05) is 24.3 Å². The number of benzene rings is 2. The van der Waals surface area contributed by atoms with Gasteiger partial charge in [-0.05, 0) is 42.3 Å². The van der Waals surface area contributed by atoms with Crippen LogP contribution in [0, 0.1) is 0 Å². The van der Waals surface area contributed by atoms with Crippen LogP contribution in [-0.4, -0.2) is 37.7 Å². The number of rotatable bonds is 9. The molecule has 0 aliphatic heterocycles. The number of hydrogen-bond acceptors (Lipinski definition) is 6. The topological polar surface area (TPSA) is 82.1 Å². The van der Waals surface area contributed by atoms with Gasteiger partial charge in [0, 0.05) is 6.42 Å². The van der Waals surface area contributed by atoms with Gasteiger partial charge in [-0.3, -0.25) is 9.59 Å². The third-order valence-electron chi connectivity index (χ3n) is 4.23. The molecule has 0 fully saturated rings. The Kier molecular flexibility index (Phi) is 6.96. The van der Waals surface area contributed by atoms with Gasteiger partial charge in [0.05, 0.1) is 20.8 Å². The van der Waals surface area contributed by atoms with Crippen molar-refractivity contribution in [2.45, 2.75) is 25.4 Å². The number of hydrogen-bond donors (Lipinski definition) is 1. The fraction of sp³-hybridized carbons (Fsp3) is 0.333. The predicted octanol–water partition coefficient (Wildman–Crippen LogP) is 2.85. The molecule has 0 atom stereocenters. The van der Waals surface area contributed by atoms with Gasteiger partial charge in [0.25, 0.3) is 0 Å².